The molecule has 0 unspecified atom stereocenters. The Morgan fingerprint density at radius 2 is 0.712 bits per heavy atom. The maximum absolute atomic E-state index is 2.60. The van der Waals surface area contributed by atoms with E-state index in [2.05, 4.69) is 208 Å². The molecule has 0 atom stereocenters. The molecule has 66 heavy (non-hydrogen) atoms. The third-order valence-corrected chi connectivity index (χ3v) is 17.5. The highest BCUT2D eigenvalue weighted by molar-refractivity contribution is 7.27. The van der Waals surface area contributed by atoms with Crippen LogP contribution < -0.4 is 0 Å². The average Bonchev–Trinajstić information content (AvgIpc) is 4.16. The minimum Gasteiger partial charge on any atom is -0.308 e. The van der Waals surface area contributed by atoms with Gasteiger partial charge in [-0.25, -0.2) is 0 Å². The Morgan fingerprint density at radius 1 is 0.318 bits per heavy atom. The van der Waals surface area contributed by atoms with Crippen LogP contribution in [0.25, 0.3) is 139 Å². The molecular weight excluding hydrogens is 837 g/mol. The zero-order valence-electron chi connectivity index (χ0n) is 37.7. The van der Waals surface area contributed by atoms with Gasteiger partial charge < -0.3 is 8.80 Å². The van der Waals surface area contributed by atoms with Crippen LogP contribution in [0.15, 0.2) is 158 Å². The summed E-state index contributed by atoms with van der Waals surface area (Å²) in [5.74, 6) is 0. The predicted molar refractivity (Wildman–Crippen MR) is 290 cm³/mol. The molecule has 0 amide bonds. The Balaban J connectivity index is 1.06. The summed E-state index contributed by atoms with van der Waals surface area (Å²) >= 11 is 3.88. The molecule has 4 heteroatoms. The molecule has 0 aliphatic heterocycles. The lowest BCUT2D eigenvalue weighted by atomic mass is 9.86. The van der Waals surface area contributed by atoms with E-state index in [4.69, 9.17) is 0 Å². The monoisotopic (exact) mass is 880 g/mol. The smallest absolute Gasteiger partial charge is 0.0635 e. The quantitative estimate of drug-likeness (QED) is 0.164. The van der Waals surface area contributed by atoms with E-state index in [9.17, 15) is 0 Å². The summed E-state index contributed by atoms with van der Waals surface area (Å²) in [5, 5.41) is 16.0. The third-order valence-electron chi connectivity index (χ3n) is 15.1. The lowest BCUT2D eigenvalue weighted by molar-refractivity contribution is 0.590. The van der Waals surface area contributed by atoms with Crippen LogP contribution in [0.5, 0.6) is 0 Å². The fourth-order valence-corrected chi connectivity index (χ4v) is 14.2. The van der Waals surface area contributed by atoms with Gasteiger partial charge in [0.15, 0.2) is 0 Å². The van der Waals surface area contributed by atoms with Crippen LogP contribution in [0.4, 0.5) is 0 Å². The molecule has 6 heterocycles. The summed E-state index contributed by atoms with van der Waals surface area (Å²) < 4.78 is 10.6. The van der Waals surface area contributed by atoms with Crippen molar-refractivity contribution >= 4 is 139 Å². The van der Waals surface area contributed by atoms with E-state index in [0.29, 0.717) is 0 Å². The van der Waals surface area contributed by atoms with Crippen molar-refractivity contribution in [3.8, 4) is 22.3 Å². The maximum Gasteiger partial charge on any atom is 0.0635 e. The summed E-state index contributed by atoms with van der Waals surface area (Å²) in [6.45, 7) is 13.7. The molecule has 0 saturated heterocycles. The zero-order chi connectivity index (χ0) is 44.1. The van der Waals surface area contributed by atoms with Crippen molar-refractivity contribution in [3.63, 3.8) is 0 Å². The lowest BCUT2D eigenvalue weighted by Gasteiger charge is -2.19. The molecule has 0 saturated carbocycles. The van der Waals surface area contributed by atoms with Gasteiger partial charge in [0.2, 0.25) is 0 Å². The van der Waals surface area contributed by atoms with Crippen molar-refractivity contribution in [2.45, 2.75) is 52.4 Å². The van der Waals surface area contributed by atoms with Gasteiger partial charge in [-0.2, -0.15) is 0 Å². The summed E-state index contributed by atoms with van der Waals surface area (Å²) in [6.07, 6.45) is 0. The summed E-state index contributed by atoms with van der Waals surface area (Å²) in [6, 6.07) is 60.9. The molecule has 0 radical (unpaired) electrons. The van der Waals surface area contributed by atoms with Gasteiger partial charge in [-0.1, -0.05) is 139 Å². The molecule has 6 aromatic heterocycles. The first-order valence-corrected chi connectivity index (χ1v) is 24.9. The average molecular weight is 881 g/mol. The van der Waals surface area contributed by atoms with Gasteiger partial charge in [0.1, 0.15) is 0 Å². The van der Waals surface area contributed by atoms with Crippen LogP contribution in [-0.4, -0.2) is 8.80 Å². The first-order valence-electron chi connectivity index (χ1n) is 23.2. The predicted octanol–water partition coefficient (Wildman–Crippen LogP) is 18.7. The number of benzene rings is 9. The van der Waals surface area contributed by atoms with Crippen molar-refractivity contribution in [1.82, 2.24) is 8.80 Å². The van der Waals surface area contributed by atoms with Crippen molar-refractivity contribution in [2.24, 2.45) is 0 Å². The van der Waals surface area contributed by atoms with Crippen LogP contribution in [0.1, 0.15) is 52.7 Å². The maximum atomic E-state index is 2.60. The van der Waals surface area contributed by atoms with Gasteiger partial charge in [-0.15, -0.1) is 22.7 Å². The molecule has 2 nitrogen and oxygen atoms in total. The molecule has 15 aromatic rings. The Bertz CT molecular complexity index is 4260. The highest BCUT2D eigenvalue weighted by Crippen LogP contribution is 2.52. The van der Waals surface area contributed by atoms with Crippen LogP contribution in [0, 0.1) is 0 Å². The van der Waals surface area contributed by atoms with E-state index in [0.717, 1.165) is 0 Å². The lowest BCUT2D eigenvalue weighted by Crippen LogP contribution is -2.10. The van der Waals surface area contributed by atoms with Gasteiger partial charge in [0.25, 0.3) is 0 Å². The molecule has 0 aliphatic carbocycles. The second-order valence-electron chi connectivity index (χ2n) is 20.9. The standard InChI is InChI=1S/C62H44N2S2/c1-61(2,3)37-21-15-33(16-22-37)35-19-25-49-47(27-35)55-57-43(29-45-39-11-7-9-13-53(39)65-59(45)55)41-32-52-42(31-51(41)63(49)57)44-30-46-40-12-8-10-14-54(40)66-60(46)56-48-28-36(20-26-50(48)64(52)58(44)56)34-17-23-38(24-18-34)62(4,5)6/h7-32H,1-6H3. The Morgan fingerprint density at radius 3 is 1.12 bits per heavy atom. The summed E-state index contributed by atoms with van der Waals surface area (Å²) in [4.78, 5) is 0. The van der Waals surface area contributed by atoms with Crippen molar-refractivity contribution in [2.75, 3.05) is 0 Å². The second kappa shape index (κ2) is 12.5. The van der Waals surface area contributed by atoms with E-state index in [1.54, 1.807) is 0 Å². The first-order chi connectivity index (χ1) is 32.0. The molecule has 0 bridgehead atoms. The van der Waals surface area contributed by atoms with E-state index < -0.39 is 0 Å². The number of rotatable bonds is 2. The number of hydrogen-bond acceptors (Lipinski definition) is 2. The number of fused-ring (bicyclic) bond motifs is 20. The van der Waals surface area contributed by atoms with Gasteiger partial charge in [-0.05, 0) is 105 Å². The highest BCUT2D eigenvalue weighted by atomic mass is 32.1. The van der Waals surface area contributed by atoms with Gasteiger partial charge in [0, 0.05) is 83.4 Å². The van der Waals surface area contributed by atoms with Crippen molar-refractivity contribution in [3.05, 3.63) is 169 Å². The van der Waals surface area contributed by atoms with Crippen LogP contribution in [-0.2, 0) is 10.8 Å². The second-order valence-corrected chi connectivity index (χ2v) is 23.0. The van der Waals surface area contributed by atoms with Crippen LogP contribution in [0.2, 0.25) is 0 Å². The van der Waals surface area contributed by atoms with Crippen molar-refractivity contribution < 1.29 is 0 Å². The summed E-state index contributed by atoms with van der Waals surface area (Å²) in [7, 11) is 0. The minimum atomic E-state index is 0.108. The SMILES string of the molecule is CC(C)(C)c1ccc(-c2ccc3c(c2)c2c4sc5ccccc5c4cc4c5cc6c(cc5n3c42)c2cc3c4ccccc4sc3c3c4cc(-c5ccc(C(C)(C)C)cc5)ccc4n6c23)cc1. The van der Waals surface area contributed by atoms with Crippen LogP contribution >= 0.6 is 22.7 Å². The normalized spacial score (nSPS) is 13.3. The van der Waals surface area contributed by atoms with E-state index in [-0.39, 0.29) is 10.8 Å². The Labute approximate surface area is 389 Å². The molecule has 0 fully saturated rings. The van der Waals surface area contributed by atoms with E-state index >= 15 is 0 Å². The fraction of sp³-hybridized carbons (Fsp3) is 0.129. The highest BCUT2D eigenvalue weighted by Gasteiger charge is 2.27. The molecule has 0 N–H and O–H groups in total. The molecule has 314 valence electrons. The molecule has 9 aromatic carbocycles. The van der Waals surface area contributed by atoms with Gasteiger partial charge >= 0.3 is 0 Å². The summed E-state index contributed by atoms with van der Waals surface area (Å²) in [5.41, 5.74) is 15.7. The van der Waals surface area contributed by atoms with Crippen molar-refractivity contribution in [1.29, 1.82) is 0 Å². The Kier molecular flexibility index (Phi) is 7.04. The number of hydrogen-bond donors (Lipinski definition) is 0. The Hall–Kier alpha value is -6.98. The van der Waals surface area contributed by atoms with E-state index in [1.807, 2.05) is 22.7 Å². The minimum absolute atomic E-state index is 0.108. The molecule has 15 rings (SSSR count). The third kappa shape index (κ3) is 4.80. The zero-order valence-corrected chi connectivity index (χ0v) is 39.4. The molecular formula is C62H44N2S2. The molecule has 0 aliphatic rings. The number of thiophene rings is 2. The number of aromatic nitrogens is 2. The molecule has 0 spiro atoms. The van der Waals surface area contributed by atoms with E-state index in [1.165, 1.54) is 150 Å². The number of nitrogens with zero attached hydrogens (tertiary/aromatic N) is 2. The van der Waals surface area contributed by atoms with Gasteiger partial charge in [-0.3, -0.25) is 0 Å². The first kappa shape index (κ1) is 37.3. The largest absolute Gasteiger partial charge is 0.308 e. The topological polar surface area (TPSA) is 8.82 Å². The van der Waals surface area contributed by atoms with Crippen LogP contribution in [0.3, 0.4) is 0 Å². The fourth-order valence-electron chi connectivity index (χ4n) is 11.7. The van der Waals surface area contributed by atoms with Gasteiger partial charge in [0.05, 0.1) is 33.1 Å².